The molecule has 4 rings (SSSR count). The van der Waals surface area contributed by atoms with Crippen molar-refractivity contribution in [3.05, 3.63) is 23.8 Å². The van der Waals surface area contributed by atoms with E-state index in [0.29, 0.717) is 35.9 Å². The third-order valence-corrected chi connectivity index (χ3v) is 6.46. The smallest absolute Gasteiger partial charge is 0.274 e. The normalized spacial score (nSPS) is 27.1. The van der Waals surface area contributed by atoms with Gasteiger partial charge in [-0.15, -0.1) is 0 Å². The Morgan fingerprint density at radius 2 is 1.96 bits per heavy atom. The monoisotopic (exact) mass is 385 g/mol. The predicted molar refractivity (Wildman–Crippen MR) is 106 cm³/mol. The van der Waals surface area contributed by atoms with Gasteiger partial charge in [-0.1, -0.05) is 0 Å². The molecule has 28 heavy (non-hydrogen) atoms. The molecule has 0 aromatic carbocycles. The molecule has 0 radical (unpaired) electrons. The highest BCUT2D eigenvalue weighted by atomic mass is 16.2. The van der Waals surface area contributed by atoms with Gasteiger partial charge in [-0.2, -0.15) is 0 Å². The third-order valence-electron chi connectivity index (χ3n) is 6.46. The molecule has 4 heterocycles. The molecule has 3 aliphatic heterocycles. The van der Waals surface area contributed by atoms with Crippen LogP contribution in [-0.2, 0) is 4.79 Å². The van der Waals surface area contributed by atoms with Gasteiger partial charge in [0.1, 0.15) is 5.69 Å². The molecule has 3 saturated heterocycles. The van der Waals surface area contributed by atoms with Gasteiger partial charge in [0.25, 0.3) is 5.91 Å². The number of nitrogens with zero attached hydrogens (tertiary/aromatic N) is 4. The van der Waals surface area contributed by atoms with Gasteiger partial charge in [-0.25, -0.2) is 4.98 Å². The Balaban J connectivity index is 1.30. The highest BCUT2D eigenvalue weighted by molar-refractivity contribution is 5.92. The Hall–Kier alpha value is -2.02. The van der Waals surface area contributed by atoms with Gasteiger partial charge in [-0.3, -0.25) is 14.6 Å². The maximum Gasteiger partial charge on any atom is 0.274 e. The molecule has 152 valence electrons. The minimum absolute atomic E-state index is 0.00735. The van der Waals surface area contributed by atoms with Gasteiger partial charge >= 0.3 is 0 Å². The SMILES string of the molecule is Cc1cnc(C(=O)N2CC3CN[C@H](CCCC(=O)N4CCCC4)C(C3)C2)cn1. The summed E-state index contributed by atoms with van der Waals surface area (Å²) in [6.07, 6.45) is 9.27. The summed E-state index contributed by atoms with van der Waals surface area (Å²) < 4.78 is 0. The number of piperidine rings is 2. The lowest BCUT2D eigenvalue weighted by molar-refractivity contribution is -0.130. The summed E-state index contributed by atoms with van der Waals surface area (Å²) >= 11 is 0. The number of likely N-dealkylation sites (tertiary alicyclic amines) is 2. The molecule has 0 spiro atoms. The number of amides is 2. The van der Waals surface area contributed by atoms with E-state index in [2.05, 4.69) is 15.3 Å². The van der Waals surface area contributed by atoms with E-state index in [-0.39, 0.29) is 5.91 Å². The standard InChI is InChI=1S/C21H31N5O2/c1-15-10-23-19(12-22-15)21(28)26-13-16-9-17(14-26)18(24-11-16)5-4-6-20(27)25-7-2-3-8-25/h10,12,16-18,24H,2-9,11,13-14H2,1H3/t16?,17?,18-/m1/s1. The fourth-order valence-electron chi connectivity index (χ4n) is 4.94. The molecule has 1 aromatic rings. The van der Waals surface area contributed by atoms with Crippen LogP contribution in [0.1, 0.15) is 54.7 Å². The molecule has 1 aromatic heterocycles. The quantitative estimate of drug-likeness (QED) is 0.833. The molecule has 7 heteroatoms. The molecule has 3 aliphatic rings. The van der Waals surface area contributed by atoms with Crippen LogP contribution in [0, 0.1) is 18.8 Å². The summed E-state index contributed by atoms with van der Waals surface area (Å²) in [6.45, 7) is 6.25. The highest BCUT2D eigenvalue weighted by Gasteiger charge is 2.38. The average molecular weight is 386 g/mol. The first kappa shape index (κ1) is 19.3. The number of nitrogens with one attached hydrogen (secondary N) is 1. The van der Waals surface area contributed by atoms with Crippen molar-refractivity contribution in [3.63, 3.8) is 0 Å². The van der Waals surface area contributed by atoms with Crippen LogP contribution in [0.5, 0.6) is 0 Å². The van der Waals surface area contributed by atoms with Gasteiger partial charge in [0.2, 0.25) is 5.91 Å². The number of aromatic nitrogens is 2. The largest absolute Gasteiger partial charge is 0.343 e. The zero-order valence-electron chi connectivity index (χ0n) is 16.8. The molecule has 3 atom stereocenters. The van der Waals surface area contributed by atoms with E-state index in [9.17, 15) is 9.59 Å². The number of rotatable bonds is 5. The van der Waals surface area contributed by atoms with E-state index in [1.807, 2.05) is 16.7 Å². The molecule has 1 N–H and O–H groups in total. The van der Waals surface area contributed by atoms with Crippen LogP contribution < -0.4 is 5.32 Å². The molecule has 3 fully saturated rings. The number of fused-ring (bicyclic) bond motifs is 2. The minimum atomic E-state index is -0.00735. The third kappa shape index (κ3) is 4.35. The van der Waals surface area contributed by atoms with E-state index < -0.39 is 0 Å². The summed E-state index contributed by atoms with van der Waals surface area (Å²) in [7, 11) is 0. The number of hydrogen-bond acceptors (Lipinski definition) is 5. The lowest BCUT2D eigenvalue weighted by Crippen LogP contribution is -2.57. The van der Waals surface area contributed by atoms with Crippen molar-refractivity contribution in [3.8, 4) is 0 Å². The van der Waals surface area contributed by atoms with E-state index in [1.165, 1.54) is 6.42 Å². The van der Waals surface area contributed by atoms with Crippen molar-refractivity contribution in [2.45, 2.75) is 51.5 Å². The van der Waals surface area contributed by atoms with E-state index in [4.69, 9.17) is 0 Å². The second-order valence-corrected chi connectivity index (χ2v) is 8.61. The maximum atomic E-state index is 12.9. The van der Waals surface area contributed by atoms with Crippen LogP contribution in [0.25, 0.3) is 0 Å². The van der Waals surface area contributed by atoms with Crippen LogP contribution in [0.3, 0.4) is 0 Å². The van der Waals surface area contributed by atoms with Crippen molar-refractivity contribution in [2.24, 2.45) is 11.8 Å². The Labute approximate surface area is 166 Å². The molecule has 2 bridgehead atoms. The summed E-state index contributed by atoms with van der Waals surface area (Å²) in [6, 6.07) is 0.391. The lowest BCUT2D eigenvalue weighted by atomic mass is 9.79. The second kappa shape index (κ2) is 8.55. The molecule has 0 saturated carbocycles. The summed E-state index contributed by atoms with van der Waals surface area (Å²) in [5, 5.41) is 3.68. The van der Waals surface area contributed by atoms with Crippen molar-refractivity contribution < 1.29 is 9.59 Å². The molecule has 7 nitrogen and oxygen atoms in total. The molecule has 2 unspecified atom stereocenters. The zero-order chi connectivity index (χ0) is 19.5. The Bertz CT molecular complexity index is 701. The van der Waals surface area contributed by atoms with Crippen LogP contribution in [0.2, 0.25) is 0 Å². The fourth-order valence-corrected chi connectivity index (χ4v) is 4.94. The van der Waals surface area contributed by atoms with Gasteiger partial charge in [0, 0.05) is 44.8 Å². The average Bonchev–Trinajstić information content (AvgIpc) is 3.24. The van der Waals surface area contributed by atoms with Crippen LogP contribution in [-0.4, -0.2) is 70.3 Å². The fraction of sp³-hybridized carbons (Fsp3) is 0.714. The molecule has 2 amide bonds. The van der Waals surface area contributed by atoms with Crippen molar-refractivity contribution in [1.82, 2.24) is 25.1 Å². The number of carbonyl (C=O) groups excluding carboxylic acids is 2. The van der Waals surface area contributed by atoms with E-state index >= 15 is 0 Å². The molecular formula is C21H31N5O2. The van der Waals surface area contributed by atoms with Crippen LogP contribution in [0.4, 0.5) is 0 Å². The van der Waals surface area contributed by atoms with Crippen molar-refractivity contribution in [1.29, 1.82) is 0 Å². The maximum absolute atomic E-state index is 12.9. The van der Waals surface area contributed by atoms with Gasteiger partial charge in [-0.05, 0) is 57.4 Å². The van der Waals surface area contributed by atoms with Gasteiger partial charge in [0.05, 0.1) is 11.9 Å². The molecular weight excluding hydrogens is 354 g/mol. The number of hydrogen-bond donors (Lipinski definition) is 1. The number of aryl methyl sites for hydroxylation is 1. The Morgan fingerprint density at radius 3 is 2.71 bits per heavy atom. The Kier molecular flexibility index (Phi) is 5.90. The second-order valence-electron chi connectivity index (χ2n) is 8.61. The predicted octanol–water partition coefficient (Wildman–Crippen LogP) is 1.63. The van der Waals surface area contributed by atoms with Gasteiger partial charge in [0.15, 0.2) is 0 Å². The summed E-state index contributed by atoms with van der Waals surface area (Å²) in [5.74, 6) is 1.26. The number of carbonyl (C=O) groups is 2. The first-order valence-corrected chi connectivity index (χ1v) is 10.7. The van der Waals surface area contributed by atoms with Crippen molar-refractivity contribution >= 4 is 11.8 Å². The van der Waals surface area contributed by atoms with Crippen LogP contribution in [0.15, 0.2) is 12.4 Å². The first-order chi connectivity index (χ1) is 13.6. The van der Waals surface area contributed by atoms with Crippen LogP contribution >= 0.6 is 0 Å². The summed E-state index contributed by atoms with van der Waals surface area (Å²) in [4.78, 5) is 37.6. The summed E-state index contributed by atoms with van der Waals surface area (Å²) in [5.41, 5.74) is 1.26. The minimum Gasteiger partial charge on any atom is -0.343 e. The van der Waals surface area contributed by atoms with Gasteiger partial charge < -0.3 is 15.1 Å². The highest BCUT2D eigenvalue weighted by Crippen LogP contribution is 2.31. The first-order valence-electron chi connectivity index (χ1n) is 10.7. The topological polar surface area (TPSA) is 78.4 Å². The van der Waals surface area contributed by atoms with E-state index in [0.717, 1.165) is 64.1 Å². The zero-order valence-corrected chi connectivity index (χ0v) is 16.8. The molecule has 0 aliphatic carbocycles. The van der Waals surface area contributed by atoms with E-state index in [1.54, 1.807) is 12.4 Å². The van der Waals surface area contributed by atoms with Crippen molar-refractivity contribution in [2.75, 3.05) is 32.7 Å². The Morgan fingerprint density at radius 1 is 1.14 bits per heavy atom. The lowest BCUT2D eigenvalue weighted by Gasteiger charge is -2.46.